The molecular weight excluding hydrogens is 388 g/mol. The van der Waals surface area contributed by atoms with Crippen LogP contribution in [0.1, 0.15) is 24.2 Å². The lowest BCUT2D eigenvalue weighted by atomic mass is 10.1. The van der Waals surface area contributed by atoms with Crippen LogP contribution in [0.3, 0.4) is 0 Å². The van der Waals surface area contributed by atoms with Crippen molar-refractivity contribution in [2.45, 2.75) is 31.0 Å². The SMILES string of the molecule is C[C@H]1CN(C(=O)c2cccc(S(=O)(=O)Nc3ccccc3Cl)c2)C[C@H](C)O1. The van der Waals surface area contributed by atoms with Gasteiger partial charge in [-0.3, -0.25) is 9.52 Å². The van der Waals surface area contributed by atoms with Gasteiger partial charge in [-0.25, -0.2) is 8.42 Å². The van der Waals surface area contributed by atoms with E-state index in [1.54, 1.807) is 41.3 Å². The summed E-state index contributed by atoms with van der Waals surface area (Å²) in [6.45, 7) is 4.75. The van der Waals surface area contributed by atoms with E-state index in [0.29, 0.717) is 23.7 Å². The van der Waals surface area contributed by atoms with E-state index >= 15 is 0 Å². The molecule has 0 saturated carbocycles. The second-order valence-electron chi connectivity index (χ2n) is 6.58. The Bertz CT molecular complexity index is 938. The van der Waals surface area contributed by atoms with Crippen LogP contribution in [-0.4, -0.2) is 44.5 Å². The Morgan fingerprint density at radius 3 is 2.44 bits per heavy atom. The zero-order valence-corrected chi connectivity index (χ0v) is 16.6. The van der Waals surface area contributed by atoms with Crippen LogP contribution in [0, 0.1) is 0 Å². The Morgan fingerprint density at radius 1 is 1.11 bits per heavy atom. The topological polar surface area (TPSA) is 75.7 Å². The van der Waals surface area contributed by atoms with Crippen molar-refractivity contribution in [3.05, 3.63) is 59.1 Å². The first-order valence-corrected chi connectivity index (χ1v) is 10.4. The number of carbonyl (C=O) groups is 1. The fourth-order valence-corrected chi connectivity index (χ4v) is 4.43. The quantitative estimate of drug-likeness (QED) is 0.841. The van der Waals surface area contributed by atoms with Gasteiger partial charge >= 0.3 is 0 Å². The average molecular weight is 409 g/mol. The van der Waals surface area contributed by atoms with E-state index in [4.69, 9.17) is 16.3 Å². The molecule has 1 amide bonds. The molecule has 1 N–H and O–H groups in total. The van der Waals surface area contributed by atoms with E-state index in [9.17, 15) is 13.2 Å². The van der Waals surface area contributed by atoms with E-state index < -0.39 is 10.0 Å². The summed E-state index contributed by atoms with van der Waals surface area (Å²) in [5.41, 5.74) is 0.602. The summed E-state index contributed by atoms with van der Waals surface area (Å²) in [5, 5.41) is 0.296. The minimum atomic E-state index is -3.87. The minimum Gasteiger partial charge on any atom is -0.372 e. The maximum atomic E-state index is 12.8. The molecule has 2 atom stereocenters. The van der Waals surface area contributed by atoms with Crippen molar-refractivity contribution in [3.63, 3.8) is 0 Å². The van der Waals surface area contributed by atoms with Gasteiger partial charge in [0.25, 0.3) is 15.9 Å². The standard InChI is InChI=1S/C19H21ClN2O4S/c1-13-11-22(12-14(2)26-13)19(23)15-6-5-7-16(10-15)27(24,25)21-18-9-4-3-8-17(18)20/h3-10,13-14,21H,11-12H2,1-2H3/t13-,14-/m0/s1. The molecule has 27 heavy (non-hydrogen) atoms. The van der Waals surface area contributed by atoms with Crippen molar-refractivity contribution >= 4 is 33.2 Å². The molecule has 2 aromatic carbocycles. The molecule has 8 heteroatoms. The van der Waals surface area contributed by atoms with E-state index in [-0.39, 0.29) is 28.7 Å². The molecule has 0 unspecified atom stereocenters. The van der Waals surface area contributed by atoms with Gasteiger partial charge in [0, 0.05) is 18.7 Å². The highest BCUT2D eigenvalue weighted by molar-refractivity contribution is 7.92. The van der Waals surface area contributed by atoms with E-state index in [1.165, 1.54) is 12.1 Å². The molecule has 144 valence electrons. The van der Waals surface area contributed by atoms with Crippen LogP contribution in [0.25, 0.3) is 0 Å². The molecule has 0 aliphatic carbocycles. The molecule has 1 heterocycles. The molecule has 0 spiro atoms. The number of sulfonamides is 1. The zero-order chi connectivity index (χ0) is 19.6. The Labute approximate surface area is 164 Å². The van der Waals surface area contributed by atoms with Gasteiger partial charge in [0.2, 0.25) is 0 Å². The van der Waals surface area contributed by atoms with Crippen molar-refractivity contribution in [3.8, 4) is 0 Å². The monoisotopic (exact) mass is 408 g/mol. The van der Waals surface area contributed by atoms with Crippen LogP contribution in [0.15, 0.2) is 53.4 Å². The number of halogens is 1. The predicted octanol–water partition coefficient (Wildman–Crippen LogP) is 3.39. The summed E-state index contributed by atoms with van der Waals surface area (Å²) in [6, 6.07) is 12.6. The van der Waals surface area contributed by atoms with Gasteiger partial charge in [-0.2, -0.15) is 0 Å². The molecule has 1 fully saturated rings. The third kappa shape index (κ3) is 4.61. The fraction of sp³-hybridized carbons (Fsp3) is 0.316. The third-order valence-electron chi connectivity index (χ3n) is 4.22. The number of hydrogen-bond acceptors (Lipinski definition) is 4. The lowest BCUT2D eigenvalue weighted by Gasteiger charge is -2.35. The van der Waals surface area contributed by atoms with Gasteiger partial charge in [0.1, 0.15) is 0 Å². The van der Waals surface area contributed by atoms with Crippen molar-refractivity contribution in [2.24, 2.45) is 0 Å². The Morgan fingerprint density at radius 2 is 1.78 bits per heavy atom. The van der Waals surface area contributed by atoms with Crippen LogP contribution in [-0.2, 0) is 14.8 Å². The highest BCUT2D eigenvalue weighted by atomic mass is 35.5. The molecule has 0 bridgehead atoms. The summed E-state index contributed by atoms with van der Waals surface area (Å²) >= 11 is 6.03. The van der Waals surface area contributed by atoms with Crippen LogP contribution < -0.4 is 4.72 Å². The van der Waals surface area contributed by atoms with Gasteiger partial charge in [0.15, 0.2) is 0 Å². The Kier molecular flexibility index (Phi) is 5.74. The Balaban J connectivity index is 1.84. The van der Waals surface area contributed by atoms with Crippen LogP contribution in [0.2, 0.25) is 5.02 Å². The lowest BCUT2D eigenvalue weighted by Crippen LogP contribution is -2.48. The number of para-hydroxylation sites is 1. The van der Waals surface area contributed by atoms with Gasteiger partial charge in [-0.05, 0) is 44.2 Å². The zero-order valence-electron chi connectivity index (χ0n) is 15.1. The normalized spacial score (nSPS) is 20.3. The molecular formula is C19H21ClN2O4S. The maximum Gasteiger partial charge on any atom is 0.261 e. The molecule has 2 aromatic rings. The largest absolute Gasteiger partial charge is 0.372 e. The smallest absolute Gasteiger partial charge is 0.261 e. The third-order valence-corrected chi connectivity index (χ3v) is 5.91. The first kappa shape index (κ1) is 19.7. The molecule has 1 aliphatic heterocycles. The highest BCUT2D eigenvalue weighted by Crippen LogP contribution is 2.24. The highest BCUT2D eigenvalue weighted by Gasteiger charge is 2.27. The summed E-state index contributed by atoms with van der Waals surface area (Å²) in [5.74, 6) is -0.216. The number of rotatable bonds is 4. The molecule has 0 aromatic heterocycles. The molecule has 1 saturated heterocycles. The predicted molar refractivity (Wildman–Crippen MR) is 105 cm³/mol. The minimum absolute atomic E-state index is 0.00243. The van der Waals surface area contributed by atoms with Gasteiger partial charge in [-0.1, -0.05) is 29.8 Å². The number of hydrogen-bond donors (Lipinski definition) is 1. The van der Waals surface area contributed by atoms with Crippen LogP contribution in [0.5, 0.6) is 0 Å². The second-order valence-corrected chi connectivity index (χ2v) is 8.67. The fourth-order valence-electron chi connectivity index (χ4n) is 3.07. The maximum absolute atomic E-state index is 12.8. The second kappa shape index (κ2) is 7.88. The lowest BCUT2D eigenvalue weighted by molar-refractivity contribution is -0.0586. The number of nitrogens with zero attached hydrogens (tertiary/aromatic N) is 1. The number of anilines is 1. The van der Waals surface area contributed by atoms with Gasteiger partial charge in [-0.15, -0.1) is 0 Å². The first-order valence-electron chi connectivity index (χ1n) is 8.58. The van der Waals surface area contributed by atoms with E-state index in [0.717, 1.165) is 0 Å². The number of benzene rings is 2. The van der Waals surface area contributed by atoms with Crippen molar-refractivity contribution in [2.75, 3.05) is 17.8 Å². The summed E-state index contributed by atoms with van der Waals surface area (Å²) in [7, 11) is -3.87. The van der Waals surface area contributed by atoms with Crippen molar-refractivity contribution in [1.82, 2.24) is 4.90 Å². The Hall–Kier alpha value is -2.09. The molecule has 1 aliphatic rings. The number of morpholine rings is 1. The van der Waals surface area contributed by atoms with Crippen molar-refractivity contribution in [1.29, 1.82) is 0 Å². The van der Waals surface area contributed by atoms with Gasteiger partial charge < -0.3 is 9.64 Å². The molecule has 6 nitrogen and oxygen atoms in total. The first-order chi connectivity index (χ1) is 12.8. The van der Waals surface area contributed by atoms with E-state index in [2.05, 4.69) is 4.72 Å². The number of amides is 1. The van der Waals surface area contributed by atoms with Crippen LogP contribution in [0.4, 0.5) is 5.69 Å². The van der Waals surface area contributed by atoms with E-state index in [1.807, 2.05) is 13.8 Å². The molecule has 0 radical (unpaired) electrons. The van der Waals surface area contributed by atoms with Crippen molar-refractivity contribution < 1.29 is 17.9 Å². The average Bonchev–Trinajstić information content (AvgIpc) is 2.62. The number of ether oxygens (including phenoxy) is 1. The number of carbonyl (C=O) groups excluding carboxylic acids is 1. The summed E-state index contributed by atoms with van der Waals surface area (Å²) < 4.78 is 33.5. The van der Waals surface area contributed by atoms with Gasteiger partial charge in [0.05, 0.1) is 27.8 Å². The number of nitrogens with one attached hydrogen (secondary N) is 1. The summed E-state index contributed by atoms with van der Waals surface area (Å²) in [6.07, 6.45) is -0.127. The summed E-state index contributed by atoms with van der Waals surface area (Å²) in [4.78, 5) is 14.5. The van der Waals surface area contributed by atoms with Crippen LogP contribution >= 0.6 is 11.6 Å². The molecule has 3 rings (SSSR count).